The number of benzene rings is 8. The maximum atomic E-state index is 6.62. The van der Waals surface area contributed by atoms with Crippen LogP contribution in [0.15, 0.2) is 174 Å². The molecule has 0 radical (unpaired) electrons. The summed E-state index contributed by atoms with van der Waals surface area (Å²) < 4.78 is 8.95. The van der Waals surface area contributed by atoms with Gasteiger partial charge in [-0.1, -0.05) is 127 Å². The topological polar surface area (TPSA) is 56.7 Å². The molecule has 3 aromatic heterocycles. The second kappa shape index (κ2) is 11.1. The Morgan fingerprint density at radius 3 is 1.83 bits per heavy atom. The third kappa shape index (κ3) is 4.18. The van der Waals surface area contributed by atoms with E-state index in [0.717, 1.165) is 55.3 Å². The molecular formula is C49H28N4O. The van der Waals surface area contributed by atoms with Crippen LogP contribution in [0.3, 0.4) is 0 Å². The molecule has 12 rings (SSSR count). The molecule has 0 saturated heterocycles. The van der Waals surface area contributed by atoms with Gasteiger partial charge < -0.3 is 8.98 Å². The van der Waals surface area contributed by atoms with Crippen LogP contribution >= 0.6 is 0 Å². The van der Waals surface area contributed by atoms with Crippen LogP contribution < -0.4 is 0 Å². The molecule has 0 spiro atoms. The minimum Gasteiger partial charge on any atom is -0.456 e. The lowest BCUT2D eigenvalue weighted by Crippen LogP contribution is -2.00. The van der Waals surface area contributed by atoms with Crippen molar-refractivity contribution >= 4 is 54.5 Å². The molecule has 0 unspecified atom stereocenters. The van der Waals surface area contributed by atoms with Gasteiger partial charge in [0, 0.05) is 43.9 Å². The van der Waals surface area contributed by atoms with Crippen molar-refractivity contribution < 1.29 is 4.42 Å². The summed E-state index contributed by atoms with van der Waals surface area (Å²) in [6.45, 7) is 0. The summed E-state index contributed by atoms with van der Waals surface area (Å²) in [5.74, 6) is 1.83. The monoisotopic (exact) mass is 688 g/mol. The molecule has 5 nitrogen and oxygen atoms in total. The number of rotatable bonds is 4. The van der Waals surface area contributed by atoms with Gasteiger partial charge in [0.05, 0.1) is 11.0 Å². The predicted octanol–water partition coefficient (Wildman–Crippen LogP) is 12.7. The van der Waals surface area contributed by atoms with E-state index in [1.54, 1.807) is 0 Å². The zero-order chi connectivity index (χ0) is 35.3. The molecular weight excluding hydrogens is 661 g/mol. The number of hydrogen-bond acceptors (Lipinski definition) is 4. The first kappa shape index (κ1) is 29.2. The van der Waals surface area contributed by atoms with Crippen LogP contribution in [0, 0.1) is 0 Å². The number of hydrogen-bond donors (Lipinski definition) is 0. The third-order valence-electron chi connectivity index (χ3n) is 11.0. The van der Waals surface area contributed by atoms with Crippen molar-refractivity contribution in [1.82, 2.24) is 19.5 Å². The Morgan fingerprint density at radius 1 is 0.370 bits per heavy atom. The molecule has 0 aliphatic heterocycles. The SMILES string of the molecule is c1ccc(-c2nc(-c3ccc4c5ccccc5n(-c5ccccc5)c4c3)nc(-c3cccc4oc5cc6c(cc5c34)-c3cccc4cccc-6c34)n2)cc1. The van der Waals surface area contributed by atoms with Gasteiger partial charge in [-0.15, -0.1) is 0 Å². The minimum absolute atomic E-state index is 0.599. The zero-order valence-electron chi connectivity index (χ0n) is 28.9. The van der Waals surface area contributed by atoms with Gasteiger partial charge in [0.2, 0.25) is 0 Å². The second-order valence-corrected chi connectivity index (χ2v) is 14.0. The van der Waals surface area contributed by atoms with Gasteiger partial charge in [0.25, 0.3) is 0 Å². The van der Waals surface area contributed by atoms with E-state index in [2.05, 4.69) is 144 Å². The van der Waals surface area contributed by atoms with Gasteiger partial charge in [-0.3, -0.25) is 0 Å². The van der Waals surface area contributed by atoms with E-state index < -0.39 is 0 Å². The van der Waals surface area contributed by atoms with E-state index in [-0.39, 0.29) is 0 Å². The van der Waals surface area contributed by atoms with Crippen LogP contribution in [0.2, 0.25) is 0 Å². The van der Waals surface area contributed by atoms with Crippen LogP contribution in [0.5, 0.6) is 0 Å². The van der Waals surface area contributed by atoms with E-state index >= 15 is 0 Å². The van der Waals surface area contributed by atoms with Crippen molar-refractivity contribution in [3.8, 4) is 62.1 Å². The van der Waals surface area contributed by atoms with Crippen LogP contribution in [0.25, 0.3) is 117 Å². The smallest absolute Gasteiger partial charge is 0.164 e. The molecule has 0 N–H and O–H groups in total. The Labute approximate surface area is 309 Å². The van der Waals surface area contributed by atoms with Crippen LogP contribution in [-0.4, -0.2) is 19.5 Å². The molecule has 0 atom stereocenters. The Hall–Kier alpha value is -7.37. The third-order valence-corrected chi connectivity index (χ3v) is 11.0. The predicted molar refractivity (Wildman–Crippen MR) is 220 cm³/mol. The van der Waals surface area contributed by atoms with Gasteiger partial charge in [0.15, 0.2) is 17.5 Å². The molecule has 0 saturated carbocycles. The summed E-state index contributed by atoms with van der Waals surface area (Å²) in [6.07, 6.45) is 0. The van der Waals surface area contributed by atoms with Crippen molar-refractivity contribution in [2.24, 2.45) is 0 Å². The Bertz CT molecular complexity index is 3320. The number of para-hydroxylation sites is 2. The number of fused-ring (bicyclic) bond motifs is 9. The lowest BCUT2D eigenvalue weighted by Gasteiger charge is -2.11. The highest BCUT2D eigenvalue weighted by Crippen LogP contribution is 2.50. The highest BCUT2D eigenvalue weighted by Gasteiger charge is 2.25. The van der Waals surface area contributed by atoms with Gasteiger partial charge in [-0.2, -0.15) is 0 Å². The summed E-state index contributed by atoms with van der Waals surface area (Å²) in [4.78, 5) is 15.6. The maximum Gasteiger partial charge on any atom is 0.164 e. The number of furan rings is 1. The fourth-order valence-electron chi connectivity index (χ4n) is 8.60. The quantitative estimate of drug-likeness (QED) is 0.185. The number of aromatic nitrogens is 4. The molecule has 0 bridgehead atoms. The molecule has 250 valence electrons. The van der Waals surface area contributed by atoms with Crippen molar-refractivity contribution in [3.63, 3.8) is 0 Å². The molecule has 5 heteroatoms. The fraction of sp³-hybridized carbons (Fsp3) is 0. The largest absolute Gasteiger partial charge is 0.456 e. The normalized spacial score (nSPS) is 12.1. The molecule has 0 amide bonds. The van der Waals surface area contributed by atoms with Gasteiger partial charge >= 0.3 is 0 Å². The summed E-state index contributed by atoms with van der Waals surface area (Å²) in [5, 5.41) is 6.96. The summed E-state index contributed by atoms with van der Waals surface area (Å²) in [7, 11) is 0. The number of nitrogens with zero attached hydrogens (tertiary/aromatic N) is 4. The van der Waals surface area contributed by atoms with Crippen LogP contribution in [0.4, 0.5) is 0 Å². The molecule has 0 fully saturated rings. The average Bonchev–Trinajstić information content (AvgIpc) is 3.88. The molecule has 3 heterocycles. The molecule has 8 aromatic carbocycles. The highest BCUT2D eigenvalue weighted by molar-refractivity contribution is 6.20. The Balaban J connectivity index is 1.10. The van der Waals surface area contributed by atoms with Crippen molar-refractivity contribution in [3.05, 3.63) is 170 Å². The maximum absolute atomic E-state index is 6.62. The fourth-order valence-corrected chi connectivity index (χ4v) is 8.60. The Morgan fingerprint density at radius 2 is 1.02 bits per heavy atom. The van der Waals surface area contributed by atoms with Crippen molar-refractivity contribution in [2.75, 3.05) is 0 Å². The summed E-state index contributed by atoms with van der Waals surface area (Å²) in [6, 6.07) is 59.6. The first-order valence-corrected chi connectivity index (χ1v) is 18.2. The van der Waals surface area contributed by atoms with E-state index in [1.807, 2.05) is 30.3 Å². The van der Waals surface area contributed by atoms with Gasteiger partial charge in [-0.25, -0.2) is 15.0 Å². The highest BCUT2D eigenvalue weighted by atomic mass is 16.3. The van der Waals surface area contributed by atoms with Gasteiger partial charge in [-0.05, 0) is 75.5 Å². The lowest BCUT2D eigenvalue weighted by molar-refractivity contribution is 0.669. The van der Waals surface area contributed by atoms with Crippen LogP contribution in [-0.2, 0) is 0 Å². The first-order chi connectivity index (χ1) is 26.8. The average molecular weight is 689 g/mol. The zero-order valence-corrected chi connectivity index (χ0v) is 28.9. The standard InChI is InChI=1S/C49H28N4O/c1-3-12-30(13-4-1)47-50-48(31-24-25-34-33-18-7-8-22-41(33)53(42(34)26-31)32-16-5-2-6-17-32)52-49(51-47)37-21-11-23-43-46(37)40-27-38-35-19-9-14-29-15-10-20-36(45(29)35)39(38)28-44(40)54-43/h1-28H. The van der Waals surface area contributed by atoms with E-state index in [1.165, 1.54) is 43.8 Å². The second-order valence-electron chi connectivity index (χ2n) is 14.0. The molecule has 11 aromatic rings. The molecule has 1 aliphatic carbocycles. The lowest BCUT2D eigenvalue weighted by atomic mass is 9.99. The van der Waals surface area contributed by atoms with E-state index in [4.69, 9.17) is 19.4 Å². The minimum atomic E-state index is 0.599. The van der Waals surface area contributed by atoms with E-state index in [0.29, 0.717) is 17.5 Å². The van der Waals surface area contributed by atoms with Crippen molar-refractivity contribution in [2.45, 2.75) is 0 Å². The summed E-state index contributed by atoms with van der Waals surface area (Å²) in [5.41, 5.74) is 12.7. The van der Waals surface area contributed by atoms with Crippen molar-refractivity contribution in [1.29, 1.82) is 0 Å². The van der Waals surface area contributed by atoms with E-state index in [9.17, 15) is 0 Å². The van der Waals surface area contributed by atoms with Gasteiger partial charge in [0.1, 0.15) is 11.2 Å². The first-order valence-electron chi connectivity index (χ1n) is 18.2. The molecule has 1 aliphatic rings. The Kier molecular flexibility index (Phi) is 5.99. The molecule has 54 heavy (non-hydrogen) atoms. The van der Waals surface area contributed by atoms with Crippen LogP contribution in [0.1, 0.15) is 0 Å². The summed E-state index contributed by atoms with van der Waals surface area (Å²) >= 11 is 0.